The van der Waals surface area contributed by atoms with Crippen LogP contribution in [0.2, 0.25) is 0 Å². The minimum absolute atomic E-state index is 0.220. The van der Waals surface area contributed by atoms with E-state index in [1.54, 1.807) is 24.3 Å². The Morgan fingerprint density at radius 1 is 1.27 bits per heavy atom. The van der Waals surface area contributed by atoms with Crippen molar-refractivity contribution in [1.29, 1.82) is 0 Å². The van der Waals surface area contributed by atoms with E-state index >= 15 is 0 Å². The fourth-order valence-corrected chi connectivity index (χ4v) is 3.80. The molecule has 1 amide bonds. The third-order valence-electron chi connectivity index (χ3n) is 4.53. The van der Waals surface area contributed by atoms with Gasteiger partial charge in [-0.3, -0.25) is 9.89 Å². The van der Waals surface area contributed by atoms with Crippen molar-refractivity contribution in [2.24, 2.45) is 0 Å². The molecule has 0 bridgehead atoms. The summed E-state index contributed by atoms with van der Waals surface area (Å²) in [5, 5.41) is 13.2. The van der Waals surface area contributed by atoms with Crippen LogP contribution in [0.1, 0.15) is 40.3 Å². The summed E-state index contributed by atoms with van der Waals surface area (Å²) < 4.78 is 25.4. The average molecular weight is 377 g/mol. The molecule has 8 nitrogen and oxygen atoms in total. The third kappa shape index (κ3) is 3.50. The van der Waals surface area contributed by atoms with E-state index < -0.39 is 10.0 Å². The Morgan fingerprint density at radius 2 is 1.96 bits per heavy atom. The van der Waals surface area contributed by atoms with Crippen LogP contribution in [0.4, 0.5) is 0 Å². The molecule has 9 heteroatoms. The number of carbonyl (C=O) groups excluding carboxylic acids is 1. The largest absolute Gasteiger partial charge is 0.344 e. The predicted octanol–water partition coefficient (Wildman–Crippen LogP) is 0.797. The number of aromatic nitrogens is 2. The zero-order valence-electron chi connectivity index (χ0n) is 15.0. The molecule has 3 N–H and O–H groups in total. The first kappa shape index (κ1) is 18.6. The van der Waals surface area contributed by atoms with E-state index in [1.807, 2.05) is 6.92 Å². The second kappa shape index (κ2) is 7.18. The van der Waals surface area contributed by atoms with Crippen LogP contribution in [0.25, 0.3) is 0 Å². The Morgan fingerprint density at radius 3 is 2.62 bits per heavy atom. The number of hydrogen-bond acceptors (Lipinski definition) is 5. The molecular weight excluding hydrogens is 354 g/mol. The van der Waals surface area contributed by atoms with Gasteiger partial charge in [-0.15, -0.1) is 0 Å². The molecule has 140 valence electrons. The monoisotopic (exact) mass is 377 g/mol. The Balaban J connectivity index is 1.73. The van der Waals surface area contributed by atoms with Crippen LogP contribution in [-0.4, -0.2) is 49.5 Å². The maximum Gasteiger partial charge on any atom is 0.272 e. The van der Waals surface area contributed by atoms with Crippen LogP contribution in [0.15, 0.2) is 29.2 Å². The van der Waals surface area contributed by atoms with E-state index in [0.717, 1.165) is 29.8 Å². The molecule has 3 rings (SSSR count). The second-order valence-corrected chi connectivity index (χ2v) is 8.66. The first-order valence-electron chi connectivity index (χ1n) is 8.41. The van der Waals surface area contributed by atoms with E-state index in [4.69, 9.17) is 0 Å². The van der Waals surface area contributed by atoms with Gasteiger partial charge in [0.05, 0.1) is 10.9 Å². The lowest BCUT2D eigenvalue weighted by atomic mass is 10.1. The fourth-order valence-electron chi connectivity index (χ4n) is 2.90. The third-order valence-corrected chi connectivity index (χ3v) is 6.36. The lowest BCUT2D eigenvalue weighted by Crippen LogP contribution is -2.30. The Hall–Kier alpha value is -2.23. The number of nitrogens with one attached hydrogen (secondary N) is 3. The van der Waals surface area contributed by atoms with Gasteiger partial charge in [0.15, 0.2) is 5.69 Å². The fraction of sp³-hybridized carbons (Fsp3) is 0.412. The number of hydrogen-bond donors (Lipinski definition) is 3. The van der Waals surface area contributed by atoms with Gasteiger partial charge in [-0.25, -0.2) is 12.7 Å². The van der Waals surface area contributed by atoms with Gasteiger partial charge < -0.3 is 10.6 Å². The smallest absolute Gasteiger partial charge is 0.272 e. The van der Waals surface area contributed by atoms with Gasteiger partial charge >= 0.3 is 0 Å². The normalized spacial score (nSPS) is 15.5. The minimum Gasteiger partial charge on any atom is -0.344 e. The van der Waals surface area contributed by atoms with E-state index in [1.165, 1.54) is 18.4 Å². The second-order valence-electron chi connectivity index (χ2n) is 6.51. The SMILES string of the molecule is CC(NC(=O)c1n[nH]c2c1CNCC2)c1ccc(S(=O)(=O)N(C)C)cc1. The molecule has 0 aliphatic carbocycles. The molecule has 1 atom stereocenters. The zero-order valence-corrected chi connectivity index (χ0v) is 15.9. The van der Waals surface area contributed by atoms with Crippen molar-refractivity contribution in [3.05, 3.63) is 46.8 Å². The maximum atomic E-state index is 12.6. The molecule has 26 heavy (non-hydrogen) atoms. The van der Waals surface area contributed by atoms with E-state index in [9.17, 15) is 13.2 Å². The predicted molar refractivity (Wildman–Crippen MR) is 97.2 cm³/mol. The number of rotatable bonds is 5. The summed E-state index contributed by atoms with van der Waals surface area (Å²) >= 11 is 0. The molecular formula is C17H23N5O3S. The van der Waals surface area contributed by atoms with Gasteiger partial charge in [0.1, 0.15) is 0 Å². The highest BCUT2D eigenvalue weighted by Gasteiger charge is 2.23. The molecule has 0 radical (unpaired) electrons. The Kier molecular flexibility index (Phi) is 5.12. The quantitative estimate of drug-likeness (QED) is 0.714. The van der Waals surface area contributed by atoms with Gasteiger partial charge in [-0.1, -0.05) is 12.1 Å². The molecule has 0 saturated heterocycles. The summed E-state index contributed by atoms with van der Waals surface area (Å²) in [6, 6.07) is 6.25. The Labute approximate surface area is 153 Å². The van der Waals surface area contributed by atoms with Crippen molar-refractivity contribution in [3.63, 3.8) is 0 Å². The van der Waals surface area contributed by atoms with Crippen molar-refractivity contribution in [2.45, 2.75) is 30.8 Å². The van der Waals surface area contributed by atoms with Crippen LogP contribution in [-0.2, 0) is 23.0 Å². The molecule has 1 aromatic heterocycles. The molecule has 0 saturated carbocycles. The summed E-state index contributed by atoms with van der Waals surface area (Å²) in [6.07, 6.45) is 0.826. The highest BCUT2D eigenvalue weighted by Crippen LogP contribution is 2.20. The lowest BCUT2D eigenvalue weighted by molar-refractivity contribution is 0.0933. The van der Waals surface area contributed by atoms with Crippen LogP contribution in [0, 0.1) is 0 Å². The molecule has 2 heterocycles. The first-order chi connectivity index (χ1) is 12.3. The van der Waals surface area contributed by atoms with Crippen LogP contribution in [0.3, 0.4) is 0 Å². The topological polar surface area (TPSA) is 107 Å². The highest BCUT2D eigenvalue weighted by atomic mass is 32.2. The van der Waals surface area contributed by atoms with Gasteiger partial charge in [0, 0.05) is 44.9 Å². The summed E-state index contributed by atoms with van der Waals surface area (Å²) in [5.74, 6) is -0.247. The van der Waals surface area contributed by atoms with Gasteiger partial charge in [0.2, 0.25) is 10.0 Å². The summed E-state index contributed by atoms with van der Waals surface area (Å²) in [7, 11) is -0.480. The average Bonchev–Trinajstić information content (AvgIpc) is 3.05. The summed E-state index contributed by atoms with van der Waals surface area (Å²) in [5.41, 5.74) is 3.14. The number of fused-ring (bicyclic) bond motifs is 1. The summed E-state index contributed by atoms with van der Waals surface area (Å²) in [6.45, 7) is 3.35. The van der Waals surface area contributed by atoms with Crippen molar-refractivity contribution < 1.29 is 13.2 Å². The number of nitrogens with zero attached hydrogens (tertiary/aromatic N) is 2. The van der Waals surface area contributed by atoms with Crippen molar-refractivity contribution in [2.75, 3.05) is 20.6 Å². The molecule has 2 aromatic rings. The zero-order chi connectivity index (χ0) is 18.9. The maximum absolute atomic E-state index is 12.6. The van der Waals surface area contributed by atoms with Crippen molar-refractivity contribution in [1.82, 2.24) is 25.1 Å². The number of sulfonamides is 1. The number of aromatic amines is 1. The van der Waals surface area contributed by atoms with Crippen LogP contribution in [0.5, 0.6) is 0 Å². The lowest BCUT2D eigenvalue weighted by Gasteiger charge is -2.17. The number of benzene rings is 1. The van der Waals surface area contributed by atoms with E-state index in [0.29, 0.717) is 12.2 Å². The molecule has 0 spiro atoms. The highest BCUT2D eigenvalue weighted by molar-refractivity contribution is 7.89. The standard InChI is InChI=1S/C17H23N5O3S/c1-11(12-4-6-13(7-5-12)26(24,25)22(2)3)19-17(23)16-14-10-18-9-8-15(14)20-21-16/h4-7,11,18H,8-10H2,1-3H3,(H,19,23)(H,20,21). The number of amides is 1. The molecule has 1 aliphatic heterocycles. The van der Waals surface area contributed by atoms with Gasteiger partial charge in [-0.2, -0.15) is 5.10 Å². The van der Waals surface area contributed by atoms with Gasteiger partial charge in [-0.05, 0) is 24.6 Å². The van der Waals surface area contributed by atoms with E-state index in [-0.39, 0.29) is 16.8 Å². The Bertz CT molecular complexity index is 903. The van der Waals surface area contributed by atoms with Crippen molar-refractivity contribution >= 4 is 15.9 Å². The molecule has 1 aromatic carbocycles. The minimum atomic E-state index is -3.46. The summed E-state index contributed by atoms with van der Waals surface area (Å²) in [4.78, 5) is 12.8. The molecule has 0 fully saturated rings. The number of H-pyrrole nitrogens is 1. The van der Waals surface area contributed by atoms with E-state index in [2.05, 4.69) is 20.8 Å². The van der Waals surface area contributed by atoms with Crippen molar-refractivity contribution in [3.8, 4) is 0 Å². The molecule has 1 aliphatic rings. The van der Waals surface area contributed by atoms with Crippen LogP contribution >= 0.6 is 0 Å². The molecule has 1 unspecified atom stereocenters. The number of carbonyl (C=O) groups is 1. The van der Waals surface area contributed by atoms with Gasteiger partial charge in [0.25, 0.3) is 5.91 Å². The first-order valence-corrected chi connectivity index (χ1v) is 9.85. The van der Waals surface area contributed by atoms with Crippen LogP contribution < -0.4 is 10.6 Å².